The zero-order valence-electron chi connectivity index (χ0n) is 15.3. The van der Waals surface area contributed by atoms with Gasteiger partial charge in [-0.2, -0.15) is 0 Å². The molecule has 8 nitrogen and oxygen atoms in total. The number of hydrogen-bond donors (Lipinski definition) is 2. The van der Waals surface area contributed by atoms with Crippen LogP contribution in [0.3, 0.4) is 0 Å². The molecule has 0 spiro atoms. The molecular formula is C18H21N3O5S. The molecule has 2 N–H and O–H groups in total. The van der Waals surface area contributed by atoms with Gasteiger partial charge in [-0.15, -0.1) is 0 Å². The first kappa shape index (κ1) is 19.0. The second-order valence-electron chi connectivity index (χ2n) is 6.05. The summed E-state index contributed by atoms with van der Waals surface area (Å²) in [4.78, 5) is 16.6. The predicted molar refractivity (Wildman–Crippen MR) is 102 cm³/mol. The van der Waals surface area contributed by atoms with Crippen LogP contribution in [-0.2, 0) is 16.4 Å². The van der Waals surface area contributed by atoms with Crippen LogP contribution in [0.2, 0.25) is 0 Å². The third-order valence-electron chi connectivity index (χ3n) is 4.36. The van der Waals surface area contributed by atoms with Crippen molar-refractivity contribution in [3.05, 3.63) is 52.4 Å². The van der Waals surface area contributed by atoms with Crippen molar-refractivity contribution < 1.29 is 17.9 Å². The van der Waals surface area contributed by atoms with E-state index in [1.54, 1.807) is 26.4 Å². The Morgan fingerprint density at radius 2 is 1.67 bits per heavy atom. The number of nitrogens with zero attached hydrogens (tertiary/aromatic N) is 1. The summed E-state index contributed by atoms with van der Waals surface area (Å²) >= 11 is 0. The lowest BCUT2D eigenvalue weighted by atomic mass is 10.1. The van der Waals surface area contributed by atoms with Gasteiger partial charge in [-0.3, -0.25) is 0 Å². The Morgan fingerprint density at radius 1 is 0.963 bits per heavy atom. The van der Waals surface area contributed by atoms with Crippen molar-refractivity contribution in [2.45, 2.75) is 11.3 Å². The standard InChI is InChI=1S/C18H21N3O5S/c1-21(9-8-12-4-7-16(25-2)17(10-12)26-3)27(23,24)13-5-6-14-15(11-13)20-18(22)19-14/h4-7,10-11H,8-9H2,1-3H3,(H2,19,20,22). The maximum atomic E-state index is 12.8. The lowest BCUT2D eigenvalue weighted by Crippen LogP contribution is -2.29. The van der Waals surface area contributed by atoms with Gasteiger partial charge in [-0.25, -0.2) is 17.5 Å². The first-order chi connectivity index (χ1) is 12.8. The molecule has 1 aromatic heterocycles. The van der Waals surface area contributed by atoms with Gasteiger partial charge in [-0.1, -0.05) is 6.07 Å². The predicted octanol–water partition coefficient (Wildman–Crippen LogP) is 1.74. The van der Waals surface area contributed by atoms with E-state index in [4.69, 9.17) is 9.47 Å². The first-order valence-electron chi connectivity index (χ1n) is 8.24. The van der Waals surface area contributed by atoms with Crippen LogP contribution in [0.15, 0.2) is 46.1 Å². The highest BCUT2D eigenvalue weighted by atomic mass is 32.2. The molecule has 27 heavy (non-hydrogen) atoms. The van der Waals surface area contributed by atoms with Crippen molar-refractivity contribution in [3.8, 4) is 11.5 Å². The van der Waals surface area contributed by atoms with E-state index in [0.717, 1.165) is 5.56 Å². The number of sulfonamides is 1. The molecule has 0 saturated carbocycles. The van der Waals surface area contributed by atoms with E-state index in [2.05, 4.69) is 9.97 Å². The molecule has 0 atom stereocenters. The minimum absolute atomic E-state index is 0.125. The maximum absolute atomic E-state index is 12.8. The Hall–Kier alpha value is -2.78. The minimum Gasteiger partial charge on any atom is -0.493 e. The zero-order valence-corrected chi connectivity index (χ0v) is 16.1. The van der Waals surface area contributed by atoms with Crippen LogP contribution >= 0.6 is 0 Å². The van der Waals surface area contributed by atoms with E-state index in [1.165, 1.54) is 23.5 Å². The van der Waals surface area contributed by atoms with E-state index in [9.17, 15) is 13.2 Å². The highest BCUT2D eigenvalue weighted by Crippen LogP contribution is 2.28. The number of hydrogen-bond acceptors (Lipinski definition) is 5. The summed E-state index contributed by atoms with van der Waals surface area (Å²) in [6.07, 6.45) is 0.513. The van der Waals surface area contributed by atoms with Gasteiger partial charge in [-0.05, 0) is 42.3 Å². The van der Waals surface area contributed by atoms with Crippen LogP contribution in [0.5, 0.6) is 11.5 Å². The summed E-state index contributed by atoms with van der Waals surface area (Å²) in [5.41, 5.74) is 1.57. The SMILES string of the molecule is COc1ccc(CCN(C)S(=O)(=O)c2ccc3[nH]c(=O)[nH]c3c2)cc1OC. The van der Waals surface area contributed by atoms with E-state index < -0.39 is 10.0 Å². The second kappa shape index (κ2) is 7.45. The number of imidazole rings is 1. The van der Waals surface area contributed by atoms with Gasteiger partial charge < -0.3 is 19.4 Å². The number of rotatable bonds is 7. The average Bonchev–Trinajstić information content (AvgIpc) is 3.04. The fraction of sp³-hybridized carbons (Fsp3) is 0.278. The molecule has 0 bridgehead atoms. The number of fused-ring (bicyclic) bond motifs is 1. The van der Waals surface area contributed by atoms with Crippen LogP contribution in [-0.4, -0.2) is 50.5 Å². The van der Waals surface area contributed by atoms with Crippen LogP contribution in [0, 0.1) is 0 Å². The van der Waals surface area contributed by atoms with Crippen molar-refractivity contribution in [1.82, 2.24) is 14.3 Å². The third kappa shape index (κ3) is 3.83. The second-order valence-corrected chi connectivity index (χ2v) is 8.10. The third-order valence-corrected chi connectivity index (χ3v) is 6.21. The van der Waals surface area contributed by atoms with Crippen molar-refractivity contribution in [3.63, 3.8) is 0 Å². The molecule has 0 aliphatic rings. The molecular weight excluding hydrogens is 370 g/mol. The summed E-state index contributed by atoms with van der Waals surface area (Å²) in [7, 11) is 0.967. The van der Waals surface area contributed by atoms with Gasteiger partial charge in [0, 0.05) is 13.6 Å². The number of ether oxygens (including phenoxy) is 2. The molecule has 0 fully saturated rings. The molecule has 0 aliphatic heterocycles. The van der Waals surface area contributed by atoms with E-state index in [1.807, 2.05) is 12.1 Å². The first-order valence-corrected chi connectivity index (χ1v) is 9.68. The van der Waals surface area contributed by atoms with Gasteiger partial charge in [0.2, 0.25) is 10.0 Å². The number of likely N-dealkylation sites (N-methyl/N-ethyl adjacent to an activating group) is 1. The number of aromatic amines is 2. The van der Waals surface area contributed by atoms with Gasteiger partial charge in [0.05, 0.1) is 30.1 Å². The normalized spacial score (nSPS) is 11.9. The Kier molecular flexibility index (Phi) is 5.24. The van der Waals surface area contributed by atoms with Gasteiger partial charge in [0.1, 0.15) is 0 Å². The molecule has 0 unspecified atom stereocenters. The fourth-order valence-electron chi connectivity index (χ4n) is 2.79. The number of aromatic nitrogens is 2. The Balaban J connectivity index is 1.77. The van der Waals surface area contributed by atoms with Gasteiger partial charge >= 0.3 is 5.69 Å². The van der Waals surface area contributed by atoms with E-state index in [0.29, 0.717) is 35.5 Å². The van der Waals surface area contributed by atoms with Crippen molar-refractivity contribution in [1.29, 1.82) is 0 Å². The van der Waals surface area contributed by atoms with Gasteiger partial charge in [0.25, 0.3) is 0 Å². The van der Waals surface area contributed by atoms with Crippen LogP contribution in [0.25, 0.3) is 11.0 Å². The lowest BCUT2D eigenvalue weighted by Gasteiger charge is -2.17. The topological polar surface area (TPSA) is 104 Å². The Bertz CT molecular complexity index is 1120. The summed E-state index contributed by atoms with van der Waals surface area (Å²) in [6.45, 7) is 0.291. The average molecular weight is 391 g/mol. The van der Waals surface area contributed by atoms with Crippen molar-refractivity contribution in [2.24, 2.45) is 0 Å². The Labute approximate surface area is 156 Å². The molecule has 1 heterocycles. The molecule has 0 radical (unpaired) electrons. The van der Waals surface area contributed by atoms with E-state index >= 15 is 0 Å². The molecule has 3 rings (SSSR count). The molecule has 144 valence electrons. The zero-order chi connectivity index (χ0) is 19.6. The largest absolute Gasteiger partial charge is 0.493 e. The van der Waals surface area contributed by atoms with Crippen LogP contribution in [0.1, 0.15) is 5.56 Å². The highest BCUT2D eigenvalue weighted by Gasteiger charge is 2.21. The summed E-state index contributed by atoms with van der Waals surface area (Å²) in [5, 5.41) is 0. The van der Waals surface area contributed by atoms with Crippen LogP contribution < -0.4 is 15.2 Å². The molecule has 0 saturated heterocycles. The number of H-pyrrole nitrogens is 2. The molecule has 3 aromatic rings. The summed E-state index contributed by atoms with van der Waals surface area (Å²) < 4.78 is 37.4. The van der Waals surface area contributed by atoms with Crippen LogP contribution in [0.4, 0.5) is 0 Å². The lowest BCUT2D eigenvalue weighted by molar-refractivity contribution is 0.354. The number of benzene rings is 2. The quantitative estimate of drug-likeness (QED) is 0.638. The minimum atomic E-state index is -3.68. The number of nitrogens with one attached hydrogen (secondary N) is 2. The molecule has 9 heteroatoms. The maximum Gasteiger partial charge on any atom is 0.323 e. The van der Waals surface area contributed by atoms with Crippen molar-refractivity contribution in [2.75, 3.05) is 27.8 Å². The highest BCUT2D eigenvalue weighted by molar-refractivity contribution is 7.89. The van der Waals surface area contributed by atoms with Gasteiger partial charge in [0.15, 0.2) is 11.5 Å². The monoisotopic (exact) mass is 391 g/mol. The molecule has 0 aliphatic carbocycles. The fourth-order valence-corrected chi connectivity index (χ4v) is 3.99. The molecule has 0 amide bonds. The number of methoxy groups -OCH3 is 2. The van der Waals surface area contributed by atoms with E-state index in [-0.39, 0.29) is 10.6 Å². The summed E-state index contributed by atoms with van der Waals surface area (Å²) in [6, 6.07) is 10.00. The smallest absolute Gasteiger partial charge is 0.323 e. The summed E-state index contributed by atoms with van der Waals surface area (Å²) in [5.74, 6) is 1.22. The van der Waals surface area contributed by atoms with Crippen molar-refractivity contribution >= 4 is 21.1 Å². The molecule has 2 aromatic carbocycles. The Morgan fingerprint density at radius 3 is 2.37 bits per heavy atom.